The van der Waals surface area contributed by atoms with Gasteiger partial charge in [-0.05, 0) is 0 Å². The molecule has 1 rings (SSSR count). The van der Waals surface area contributed by atoms with E-state index in [1.165, 1.54) is 20.8 Å². The summed E-state index contributed by atoms with van der Waals surface area (Å²) in [6.07, 6.45) is -1.77. The molecule has 0 aliphatic carbocycles. The van der Waals surface area contributed by atoms with Crippen LogP contribution >= 0.6 is 0 Å². The molecule has 1 saturated heterocycles. The Morgan fingerprint density at radius 2 is 1.67 bits per heavy atom. The average molecular weight is 260 g/mol. The molecule has 0 bridgehead atoms. The van der Waals surface area contributed by atoms with E-state index >= 15 is 0 Å². The van der Waals surface area contributed by atoms with Gasteiger partial charge in [-0.25, -0.2) is 0 Å². The van der Waals surface area contributed by atoms with E-state index in [9.17, 15) is 14.4 Å². The van der Waals surface area contributed by atoms with Crippen LogP contribution in [0.1, 0.15) is 27.2 Å². The average Bonchev–Trinajstić information content (AvgIpc) is 2.56. The minimum absolute atomic E-state index is 0.0326. The smallest absolute Gasteiger partial charge is 0.305 e. The molecule has 1 aliphatic rings. The lowest BCUT2D eigenvalue weighted by Gasteiger charge is -2.17. The van der Waals surface area contributed by atoms with E-state index in [1.54, 1.807) is 0 Å². The van der Waals surface area contributed by atoms with Crippen LogP contribution in [0.5, 0.6) is 0 Å². The van der Waals surface area contributed by atoms with Crippen LogP contribution in [0.2, 0.25) is 0 Å². The summed E-state index contributed by atoms with van der Waals surface area (Å²) in [5.74, 6) is -1.46. The minimum atomic E-state index is -0.952. The quantitative estimate of drug-likeness (QED) is 0.525. The summed E-state index contributed by atoms with van der Waals surface area (Å²) in [5.41, 5.74) is 0. The molecule has 102 valence electrons. The third-order valence-electron chi connectivity index (χ3n) is 2.20. The summed E-state index contributed by atoms with van der Waals surface area (Å²) < 4.78 is 20.0. The number of hydrogen-bond donors (Lipinski definition) is 0. The second kappa shape index (κ2) is 6.34. The third kappa shape index (κ3) is 4.70. The molecule has 1 aliphatic heterocycles. The van der Waals surface area contributed by atoms with Gasteiger partial charge in [0.2, 0.25) is 6.29 Å². The van der Waals surface area contributed by atoms with Crippen molar-refractivity contribution in [1.82, 2.24) is 0 Å². The van der Waals surface area contributed by atoms with Crippen LogP contribution in [0, 0.1) is 0 Å². The van der Waals surface area contributed by atoms with Crippen molar-refractivity contribution in [2.45, 2.75) is 45.7 Å². The molecule has 0 aromatic carbocycles. The molecule has 0 aromatic heterocycles. The molecule has 18 heavy (non-hydrogen) atoms. The summed E-state index contributed by atoms with van der Waals surface area (Å²) in [5, 5.41) is 0. The maximum Gasteiger partial charge on any atom is 0.305 e. The predicted molar refractivity (Wildman–Crippen MR) is 57.2 cm³/mol. The maximum absolute atomic E-state index is 10.9. The van der Waals surface area contributed by atoms with E-state index in [1.807, 2.05) is 0 Å². The summed E-state index contributed by atoms with van der Waals surface area (Å²) in [6.45, 7) is 3.80. The molecule has 0 aromatic rings. The fourth-order valence-corrected chi connectivity index (χ4v) is 1.60. The normalized spacial score (nSPS) is 26.5. The Kier molecular flexibility index (Phi) is 5.08. The lowest BCUT2D eigenvalue weighted by Crippen LogP contribution is -2.30. The molecule has 1 unspecified atom stereocenters. The number of ether oxygens (including phenoxy) is 4. The maximum atomic E-state index is 10.9. The van der Waals surface area contributed by atoms with Crippen LogP contribution in [-0.4, -0.2) is 43.0 Å². The number of esters is 3. The number of hydrogen-bond acceptors (Lipinski definition) is 7. The first-order chi connectivity index (χ1) is 8.38. The molecule has 0 saturated carbocycles. The van der Waals surface area contributed by atoms with Crippen molar-refractivity contribution in [2.24, 2.45) is 0 Å². The van der Waals surface area contributed by atoms with E-state index in [-0.39, 0.29) is 6.61 Å². The summed E-state index contributed by atoms with van der Waals surface area (Å²) in [4.78, 5) is 32.4. The van der Waals surface area contributed by atoms with Gasteiger partial charge >= 0.3 is 17.9 Å². The highest BCUT2D eigenvalue weighted by Crippen LogP contribution is 2.24. The Morgan fingerprint density at radius 3 is 2.17 bits per heavy atom. The van der Waals surface area contributed by atoms with Crippen molar-refractivity contribution < 1.29 is 33.3 Å². The van der Waals surface area contributed by atoms with Crippen molar-refractivity contribution in [2.75, 3.05) is 6.61 Å². The summed E-state index contributed by atoms with van der Waals surface area (Å²) >= 11 is 0. The van der Waals surface area contributed by atoms with Gasteiger partial charge in [0, 0.05) is 27.2 Å². The minimum Gasteiger partial charge on any atom is -0.463 e. The molecule has 0 spiro atoms. The SMILES string of the molecule is CC(=O)OC[C@@H]1C[C@@H](OC(C)=O)C(OC(C)=O)O1. The molecule has 1 heterocycles. The van der Waals surface area contributed by atoms with Crippen LogP contribution in [0.4, 0.5) is 0 Å². The predicted octanol–water partition coefficient (Wildman–Crippen LogP) is 0.159. The van der Waals surface area contributed by atoms with Crippen molar-refractivity contribution in [3.05, 3.63) is 0 Å². The van der Waals surface area contributed by atoms with Crippen LogP contribution in [0.3, 0.4) is 0 Å². The topological polar surface area (TPSA) is 88.1 Å². The van der Waals surface area contributed by atoms with Gasteiger partial charge in [-0.1, -0.05) is 0 Å². The lowest BCUT2D eigenvalue weighted by molar-refractivity contribution is -0.196. The highest BCUT2D eigenvalue weighted by atomic mass is 16.7. The van der Waals surface area contributed by atoms with Crippen LogP contribution < -0.4 is 0 Å². The van der Waals surface area contributed by atoms with E-state index in [4.69, 9.17) is 18.9 Å². The fourth-order valence-electron chi connectivity index (χ4n) is 1.60. The molecule has 7 heteroatoms. The molecular formula is C11H16O7. The molecule has 0 radical (unpaired) electrons. The van der Waals surface area contributed by atoms with Crippen LogP contribution in [0.15, 0.2) is 0 Å². The van der Waals surface area contributed by atoms with Crippen LogP contribution in [-0.2, 0) is 33.3 Å². The summed E-state index contributed by atoms with van der Waals surface area (Å²) in [6, 6.07) is 0. The van der Waals surface area contributed by atoms with E-state index in [0.717, 1.165) is 0 Å². The van der Waals surface area contributed by atoms with Gasteiger partial charge in [-0.2, -0.15) is 0 Å². The Bertz CT molecular complexity index is 314. The first-order valence-corrected chi connectivity index (χ1v) is 5.51. The molecule has 1 fully saturated rings. The van der Waals surface area contributed by atoms with E-state index in [0.29, 0.717) is 6.42 Å². The van der Waals surface area contributed by atoms with Gasteiger partial charge in [0.05, 0.1) is 6.10 Å². The monoisotopic (exact) mass is 260 g/mol. The second-order valence-electron chi connectivity index (χ2n) is 3.92. The van der Waals surface area contributed by atoms with E-state index in [2.05, 4.69) is 0 Å². The van der Waals surface area contributed by atoms with Gasteiger partial charge in [0.1, 0.15) is 6.61 Å². The zero-order chi connectivity index (χ0) is 13.7. The van der Waals surface area contributed by atoms with Crippen molar-refractivity contribution >= 4 is 17.9 Å². The van der Waals surface area contributed by atoms with E-state index < -0.39 is 36.4 Å². The van der Waals surface area contributed by atoms with Gasteiger partial charge in [-0.15, -0.1) is 0 Å². The Morgan fingerprint density at radius 1 is 1.06 bits per heavy atom. The highest BCUT2D eigenvalue weighted by molar-refractivity contribution is 5.67. The fraction of sp³-hybridized carbons (Fsp3) is 0.727. The zero-order valence-electron chi connectivity index (χ0n) is 10.5. The molecule has 0 amide bonds. The molecular weight excluding hydrogens is 244 g/mol. The van der Waals surface area contributed by atoms with Gasteiger partial charge in [0.15, 0.2) is 6.10 Å². The first-order valence-electron chi connectivity index (χ1n) is 5.51. The first kappa shape index (κ1) is 14.4. The number of rotatable bonds is 4. The third-order valence-corrected chi connectivity index (χ3v) is 2.20. The molecule has 7 nitrogen and oxygen atoms in total. The number of carbonyl (C=O) groups excluding carboxylic acids is 3. The van der Waals surface area contributed by atoms with Gasteiger partial charge < -0.3 is 18.9 Å². The molecule has 0 N–H and O–H groups in total. The lowest BCUT2D eigenvalue weighted by atomic mass is 10.2. The van der Waals surface area contributed by atoms with Gasteiger partial charge in [-0.3, -0.25) is 14.4 Å². The van der Waals surface area contributed by atoms with Crippen molar-refractivity contribution in [3.63, 3.8) is 0 Å². The summed E-state index contributed by atoms with van der Waals surface area (Å²) in [7, 11) is 0. The Hall–Kier alpha value is -1.63. The zero-order valence-corrected chi connectivity index (χ0v) is 10.5. The van der Waals surface area contributed by atoms with Crippen molar-refractivity contribution in [1.29, 1.82) is 0 Å². The van der Waals surface area contributed by atoms with Crippen molar-refractivity contribution in [3.8, 4) is 0 Å². The Balaban J connectivity index is 2.54. The largest absolute Gasteiger partial charge is 0.463 e. The highest BCUT2D eigenvalue weighted by Gasteiger charge is 2.40. The molecule has 3 atom stereocenters. The van der Waals surface area contributed by atoms with Crippen LogP contribution in [0.25, 0.3) is 0 Å². The number of carbonyl (C=O) groups is 3. The second-order valence-corrected chi connectivity index (χ2v) is 3.92. The standard InChI is InChI=1S/C11H16O7/c1-6(12)15-5-9-4-10(16-7(2)13)11(18-9)17-8(3)14/h9-11H,4-5H2,1-3H3/t9-,10+,11?/m0/s1. The van der Waals surface area contributed by atoms with Gasteiger partial charge in [0.25, 0.3) is 0 Å². The Labute approximate surface area is 104 Å².